The summed E-state index contributed by atoms with van der Waals surface area (Å²) in [6.45, 7) is 5.29. The summed E-state index contributed by atoms with van der Waals surface area (Å²) in [6, 6.07) is 0.668. The summed E-state index contributed by atoms with van der Waals surface area (Å²) in [5.41, 5.74) is 2.26. The van der Waals surface area contributed by atoms with E-state index in [2.05, 4.69) is 20.1 Å². The molecule has 0 radical (unpaired) electrons. The fraction of sp³-hybridized carbons (Fsp3) is 0.789. The highest BCUT2D eigenvalue weighted by molar-refractivity contribution is 5.82. The van der Waals surface area contributed by atoms with Crippen LogP contribution in [0.4, 0.5) is 0 Å². The number of carbonyl (C=O) groups is 1. The second-order valence-electron chi connectivity index (χ2n) is 8.31. The Morgan fingerprint density at radius 3 is 2.76 bits per heavy atom. The third kappa shape index (κ3) is 2.61. The van der Waals surface area contributed by atoms with Crippen LogP contribution in [0.25, 0.3) is 0 Å². The molecule has 136 valence electrons. The predicted molar refractivity (Wildman–Crippen MR) is 95.1 cm³/mol. The number of piperidine rings is 2. The molecule has 0 aromatic carbocycles. The molecule has 5 rings (SSSR count). The summed E-state index contributed by atoms with van der Waals surface area (Å²) in [7, 11) is 0. The van der Waals surface area contributed by atoms with E-state index in [9.17, 15) is 4.79 Å². The van der Waals surface area contributed by atoms with Gasteiger partial charge in [0.25, 0.3) is 0 Å². The number of H-pyrrole nitrogens is 1. The zero-order valence-corrected chi connectivity index (χ0v) is 15.0. The van der Waals surface area contributed by atoms with Crippen molar-refractivity contribution in [3.63, 3.8) is 0 Å². The van der Waals surface area contributed by atoms with Gasteiger partial charge >= 0.3 is 0 Å². The van der Waals surface area contributed by atoms with Gasteiger partial charge in [0, 0.05) is 50.3 Å². The number of aromatic amines is 1. The molecule has 6 nitrogen and oxygen atoms in total. The molecule has 0 bridgehead atoms. The molecule has 1 aliphatic carbocycles. The number of nitrogens with one attached hydrogen (secondary N) is 2. The van der Waals surface area contributed by atoms with E-state index in [-0.39, 0.29) is 11.5 Å². The first-order chi connectivity index (χ1) is 12.3. The van der Waals surface area contributed by atoms with Gasteiger partial charge in [-0.25, -0.2) is 4.98 Å². The van der Waals surface area contributed by atoms with Crippen molar-refractivity contribution in [2.45, 2.75) is 56.5 Å². The molecule has 3 aliphatic heterocycles. The summed E-state index contributed by atoms with van der Waals surface area (Å²) in [4.78, 5) is 25.9. The number of amides is 1. The van der Waals surface area contributed by atoms with Crippen molar-refractivity contribution in [2.24, 2.45) is 5.92 Å². The van der Waals surface area contributed by atoms with Crippen LogP contribution >= 0.6 is 0 Å². The predicted octanol–water partition coefficient (Wildman–Crippen LogP) is 1.25. The number of hydrogen-bond acceptors (Lipinski definition) is 4. The minimum absolute atomic E-state index is 0.161. The van der Waals surface area contributed by atoms with Crippen LogP contribution in [0, 0.1) is 5.92 Å². The summed E-state index contributed by atoms with van der Waals surface area (Å²) in [5, 5.41) is 3.54. The maximum absolute atomic E-state index is 13.0. The number of likely N-dealkylation sites (tertiary alicyclic amines) is 1. The van der Waals surface area contributed by atoms with Crippen LogP contribution < -0.4 is 5.32 Å². The maximum atomic E-state index is 13.0. The third-order valence-corrected chi connectivity index (χ3v) is 6.87. The van der Waals surface area contributed by atoms with Crippen LogP contribution in [0.3, 0.4) is 0 Å². The molecule has 4 aliphatic rings. The van der Waals surface area contributed by atoms with Gasteiger partial charge < -0.3 is 15.2 Å². The fourth-order valence-electron chi connectivity index (χ4n) is 5.26. The summed E-state index contributed by atoms with van der Waals surface area (Å²) in [5.74, 6) is 0.680. The van der Waals surface area contributed by atoms with E-state index in [4.69, 9.17) is 4.98 Å². The Balaban J connectivity index is 1.40. The molecular weight excluding hydrogens is 314 g/mol. The van der Waals surface area contributed by atoms with Crippen LogP contribution in [-0.2, 0) is 16.8 Å². The minimum Gasteiger partial charge on any atom is -0.348 e. The number of fused-ring (bicyclic) bond motifs is 2. The maximum Gasteiger partial charge on any atom is 0.226 e. The van der Waals surface area contributed by atoms with Crippen LogP contribution in [0.5, 0.6) is 0 Å². The van der Waals surface area contributed by atoms with Gasteiger partial charge in [-0.05, 0) is 45.1 Å². The van der Waals surface area contributed by atoms with Crippen molar-refractivity contribution >= 4 is 5.91 Å². The van der Waals surface area contributed by atoms with Gasteiger partial charge in [-0.1, -0.05) is 0 Å². The summed E-state index contributed by atoms with van der Waals surface area (Å²) < 4.78 is 0. The Labute approximate surface area is 149 Å². The normalized spacial score (nSPS) is 29.6. The number of rotatable bonds is 2. The Morgan fingerprint density at radius 1 is 1.20 bits per heavy atom. The number of hydrogen-bond donors (Lipinski definition) is 2. The van der Waals surface area contributed by atoms with E-state index in [0.717, 1.165) is 70.5 Å². The number of nitrogens with zero attached hydrogens (tertiary/aromatic N) is 3. The minimum atomic E-state index is -0.161. The standard InChI is InChI=1S/C19H29N5O/c25-18(14-3-4-14)24-9-5-16-17(22-13-21-16)19(24)6-10-23(11-7-19)15-2-1-8-20-12-15/h13-15,20H,1-12H2,(H,21,22)/t15-/m0/s1. The van der Waals surface area contributed by atoms with E-state index in [1.807, 2.05) is 6.33 Å². The average Bonchev–Trinajstić information content (AvgIpc) is 3.40. The smallest absolute Gasteiger partial charge is 0.226 e. The van der Waals surface area contributed by atoms with Crippen molar-refractivity contribution in [1.29, 1.82) is 0 Å². The average molecular weight is 343 g/mol. The zero-order valence-electron chi connectivity index (χ0n) is 15.0. The zero-order chi connectivity index (χ0) is 16.9. The topological polar surface area (TPSA) is 64.3 Å². The largest absolute Gasteiger partial charge is 0.348 e. The van der Waals surface area contributed by atoms with Crippen molar-refractivity contribution < 1.29 is 4.79 Å². The van der Waals surface area contributed by atoms with Gasteiger partial charge in [0.05, 0.1) is 17.6 Å². The highest BCUT2D eigenvalue weighted by atomic mass is 16.2. The lowest BCUT2D eigenvalue weighted by molar-refractivity contribution is -0.143. The molecule has 1 amide bonds. The molecule has 4 heterocycles. The van der Waals surface area contributed by atoms with Crippen molar-refractivity contribution in [3.8, 4) is 0 Å². The highest BCUT2D eigenvalue weighted by Gasteiger charge is 2.51. The number of aromatic nitrogens is 2. The molecular formula is C19H29N5O. The lowest BCUT2D eigenvalue weighted by Crippen LogP contribution is -2.60. The van der Waals surface area contributed by atoms with Crippen LogP contribution in [0.15, 0.2) is 6.33 Å². The third-order valence-electron chi connectivity index (χ3n) is 6.87. The molecule has 3 fully saturated rings. The molecule has 6 heteroatoms. The van der Waals surface area contributed by atoms with Crippen LogP contribution in [0.2, 0.25) is 0 Å². The second kappa shape index (κ2) is 6.09. The van der Waals surface area contributed by atoms with Crippen molar-refractivity contribution in [3.05, 3.63) is 17.7 Å². The SMILES string of the molecule is O=C(C1CC1)N1CCc2[nH]cnc2C12CCN([C@H]1CCCNC1)CC2. The Bertz CT molecular complexity index is 638. The fourth-order valence-corrected chi connectivity index (χ4v) is 5.26. The van der Waals surface area contributed by atoms with Crippen molar-refractivity contribution in [1.82, 2.24) is 25.1 Å². The van der Waals surface area contributed by atoms with Crippen LogP contribution in [-0.4, -0.2) is 64.4 Å². The molecule has 1 spiro atoms. The summed E-state index contributed by atoms with van der Waals surface area (Å²) in [6.07, 6.45) is 9.55. The first kappa shape index (κ1) is 15.8. The van der Waals surface area contributed by atoms with Gasteiger partial charge in [-0.2, -0.15) is 0 Å². The number of carbonyl (C=O) groups excluding carboxylic acids is 1. The number of imidazole rings is 1. The van der Waals surface area contributed by atoms with Crippen LogP contribution in [0.1, 0.15) is 49.9 Å². The quantitative estimate of drug-likeness (QED) is 0.848. The molecule has 25 heavy (non-hydrogen) atoms. The second-order valence-corrected chi connectivity index (χ2v) is 8.31. The molecule has 0 unspecified atom stereocenters. The van der Waals surface area contributed by atoms with E-state index < -0.39 is 0 Å². The van der Waals surface area contributed by atoms with Gasteiger partial charge in [-0.3, -0.25) is 9.69 Å². The van der Waals surface area contributed by atoms with Gasteiger partial charge in [0.1, 0.15) is 0 Å². The Hall–Kier alpha value is -1.40. The Kier molecular flexibility index (Phi) is 3.86. The Morgan fingerprint density at radius 2 is 2.04 bits per heavy atom. The first-order valence-electron chi connectivity index (χ1n) is 10.1. The lowest BCUT2D eigenvalue weighted by Gasteiger charge is -2.52. The van der Waals surface area contributed by atoms with Gasteiger partial charge in [0.2, 0.25) is 5.91 Å². The van der Waals surface area contributed by atoms with E-state index in [1.165, 1.54) is 18.5 Å². The van der Waals surface area contributed by atoms with E-state index >= 15 is 0 Å². The molecule has 1 aromatic heterocycles. The highest BCUT2D eigenvalue weighted by Crippen LogP contribution is 2.45. The van der Waals surface area contributed by atoms with E-state index in [0.29, 0.717) is 11.9 Å². The van der Waals surface area contributed by atoms with Crippen molar-refractivity contribution in [2.75, 3.05) is 32.7 Å². The monoisotopic (exact) mass is 343 g/mol. The molecule has 1 saturated carbocycles. The molecule has 2 saturated heterocycles. The first-order valence-corrected chi connectivity index (χ1v) is 10.1. The van der Waals surface area contributed by atoms with E-state index in [1.54, 1.807) is 0 Å². The van der Waals surface area contributed by atoms with Gasteiger partial charge in [0.15, 0.2) is 0 Å². The molecule has 2 N–H and O–H groups in total. The lowest BCUT2D eigenvalue weighted by atomic mass is 9.78. The molecule has 1 aromatic rings. The van der Waals surface area contributed by atoms with Gasteiger partial charge in [-0.15, -0.1) is 0 Å². The molecule has 1 atom stereocenters. The summed E-state index contributed by atoms with van der Waals surface area (Å²) >= 11 is 0.